The number of benzene rings is 1. The number of sulfone groups is 1. The number of alkyl halides is 3. The Hall–Kier alpha value is -2.62. The molecule has 0 bridgehead atoms. The fourth-order valence-electron chi connectivity index (χ4n) is 2.12. The van der Waals surface area contributed by atoms with Gasteiger partial charge in [-0.25, -0.2) is 13.4 Å². The van der Waals surface area contributed by atoms with Gasteiger partial charge < -0.3 is 10.1 Å². The molecule has 0 saturated heterocycles. The molecule has 2 rings (SSSR count). The third kappa shape index (κ3) is 6.24. The molecule has 27 heavy (non-hydrogen) atoms. The molecule has 1 amide bonds. The summed E-state index contributed by atoms with van der Waals surface area (Å²) in [4.78, 5) is 16.1. The Morgan fingerprint density at radius 2 is 1.81 bits per heavy atom. The molecule has 6 nitrogen and oxygen atoms in total. The van der Waals surface area contributed by atoms with Crippen LogP contribution in [0.3, 0.4) is 0 Å². The molecule has 0 saturated carbocycles. The van der Waals surface area contributed by atoms with Crippen LogP contribution >= 0.6 is 0 Å². The normalized spacial score (nSPS) is 13.1. The van der Waals surface area contributed by atoms with E-state index in [-0.39, 0.29) is 16.3 Å². The number of amides is 1. The molecule has 0 radical (unpaired) electrons. The van der Waals surface area contributed by atoms with E-state index in [0.29, 0.717) is 5.56 Å². The molecule has 10 heteroatoms. The summed E-state index contributed by atoms with van der Waals surface area (Å²) in [6.45, 7) is 0.244. The number of rotatable bonds is 6. The van der Waals surface area contributed by atoms with Crippen molar-refractivity contribution in [2.45, 2.75) is 24.0 Å². The van der Waals surface area contributed by atoms with Gasteiger partial charge in [-0.15, -0.1) is 0 Å². The summed E-state index contributed by atoms with van der Waals surface area (Å²) in [5.74, 6) is -0.724. The van der Waals surface area contributed by atoms with Crippen LogP contribution in [0.1, 0.15) is 28.9 Å². The molecule has 1 N–H and O–H groups in total. The minimum absolute atomic E-state index is 0.147. The van der Waals surface area contributed by atoms with Gasteiger partial charge in [-0.3, -0.25) is 4.79 Å². The van der Waals surface area contributed by atoms with Gasteiger partial charge in [-0.2, -0.15) is 13.2 Å². The van der Waals surface area contributed by atoms with E-state index < -0.39 is 34.6 Å². The number of halogens is 3. The van der Waals surface area contributed by atoms with E-state index in [2.05, 4.69) is 15.0 Å². The van der Waals surface area contributed by atoms with Crippen LogP contribution in [0.4, 0.5) is 13.2 Å². The molecule has 0 aliphatic heterocycles. The lowest BCUT2D eigenvalue weighted by Crippen LogP contribution is -2.26. The number of hydrogen-bond donors (Lipinski definition) is 1. The first-order valence-corrected chi connectivity index (χ1v) is 9.61. The number of hydrogen-bond acceptors (Lipinski definition) is 5. The number of aromatic nitrogens is 1. The van der Waals surface area contributed by atoms with Gasteiger partial charge in [0.15, 0.2) is 16.4 Å². The number of pyridine rings is 1. The molecular formula is C17H17F3N2O4S. The molecule has 1 aromatic carbocycles. The Morgan fingerprint density at radius 1 is 1.19 bits per heavy atom. The first-order chi connectivity index (χ1) is 12.5. The second-order valence-electron chi connectivity index (χ2n) is 5.83. The summed E-state index contributed by atoms with van der Waals surface area (Å²) in [5, 5.41) is 2.70. The molecule has 0 aliphatic rings. The monoisotopic (exact) mass is 402 g/mol. The molecule has 1 atom stereocenters. The van der Waals surface area contributed by atoms with Crippen LogP contribution < -0.4 is 10.1 Å². The van der Waals surface area contributed by atoms with Crippen LogP contribution in [0.5, 0.6) is 5.88 Å². The summed E-state index contributed by atoms with van der Waals surface area (Å²) in [6, 6.07) is 8.12. The van der Waals surface area contributed by atoms with Crippen molar-refractivity contribution < 1.29 is 31.1 Å². The first-order valence-electron chi connectivity index (χ1n) is 7.72. The van der Waals surface area contributed by atoms with Crippen LogP contribution in [0.2, 0.25) is 0 Å². The summed E-state index contributed by atoms with van der Waals surface area (Å²) < 4.78 is 63.7. The Labute approximate surface area is 154 Å². The molecule has 0 unspecified atom stereocenters. The Bertz CT molecular complexity index is 895. The smallest absolute Gasteiger partial charge is 0.422 e. The lowest BCUT2D eigenvalue weighted by atomic mass is 10.1. The average molecular weight is 402 g/mol. The van der Waals surface area contributed by atoms with E-state index in [4.69, 9.17) is 0 Å². The van der Waals surface area contributed by atoms with Crippen molar-refractivity contribution in [2.75, 3.05) is 12.9 Å². The largest absolute Gasteiger partial charge is 0.468 e. The second-order valence-corrected chi connectivity index (χ2v) is 7.84. The van der Waals surface area contributed by atoms with E-state index in [1.165, 1.54) is 24.3 Å². The molecule has 146 valence electrons. The minimum atomic E-state index is -4.47. The maximum Gasteiger partial charge on any atom is 0.422 e. The number of carbonyl (C=O) groups excluding carboxylic acids is 1. The number of nitrogens with one attached hydrogen (secondary N) is 1. The standard InChI is InChI=1S/C17H17F3N2O4S/c1-11(12-3-6-14(7-4-12)27(2,24)25)22-16(23)13-5-8-15(21-9-13)26-10-17(18,19)20/h3-9,11H,10H2,1-2H3,(H,22,23)/t11-/m0/s1. The fraction of sp³-hybridized carbons (Fsp3) is 0.294. The molecule has 0 spiro atoms. The SMILES string of the molecule is C[C@H](NC(=O)c1ccc(OCC(F)(F)F)nc1)c1ccc(S(C)(=O)=O)cc1. The third-order valence-electron chi connectivity index (χ3n) is 3.54. The van der Waals surface area contributed by atoms with Gasteiger partial charge in [0.25, 0.3) is 5.91 Å². The topological polar surface area (TPSA) is 85.4 Å². The molecule has 1 aromatic heterocycles. The summed E-state index contributed by atoms with van der Waals surface area (Å²) in [6.07, 6.45) is -2.26. The van der Waals surface area contributed by atoms with Gasteiger partial charge in [-0.1, -0.05) is 12.1 Å². The third-order valence-corrected chi connectivity index (χ3v) is 4.67. The van der Waals surface area contributed by atoms with E-state index >= 15 is 0 Å². The van der Waals surface area contributed by atoms with Crippen LogP contribution in [0.15, 0.2) is 47.5 Å². The van der Waals surface area contributed by atoms with Crippen LogP contribution in [0.25, 0.3) is 0 Å². The van der Waals surface area contributed by atoms with Crippen LogP contribution in [-0.2, 0) is 9.84 Å². The fourth-order valence-corrected chi connectivity index (χ4v) is 2.75. The molecule has 1 heterocycles. The second kappa shape index (κ2) is 7.95. The van der Waals surface area contributed by atoms with E-state index in [1.54, 1.807) is 19.1 Å². The first kappa shape index (κ1) is 20.7. The van der Waals surface area contributed by atoms with Gasteiger partial charge in [0.1, 0.15) is 0 Å². The maximum absolute atomic E-state index is 12.2. The highest BCUT2D eigenvalue weighted by Crippen LogP contribution is 2.18. The van der Waals surface area contributed by atoms with Crippen molar-refractivity contribution in [1.29, 1.82) is 0 Å². The minimum Gasteiger partial charge on any atom is -0.468 e. The Balaban J connectivity index is 1.99. The van der Waals surface area contributed by atoms with Gasteiger partial charge in [0, 0.05) is 18.5 Å². The van der Waals surface area contributed by atoms with Crippen molar-refractivity contribution in [1.82, 2.24) is 10.3 Å². The van der Waals surface area contributed by atoms with Gasteiger partial charge in [-0.05, 0) is 30.7 Å². The maximum atomic E-state index is 12.2. The van der Waals surface area contributed by atoms with Crippen molar-refractivity contribution in [3.63, 3.8) is 0 Å². The zero-order valence-corrected chi connectivity index (χ0v) is 15.3. The van der Waals surface area contributed by atoms with Gasteiger partial charge >= 0.3 is 6.18 Å². The average Bonchev–Trinajstić information content (AvgIpc) is 2.59. The zero-order chi connectivity index (χ0) is 20.2. The summed E-state index contributed by atoms with van der Waals surface area (Å²) in [7, 11) is -3.31. The highest BCUT2D eigenvalue weighted by atomic mass is 32.2. The highest BCUT2D eigenvalue weighted by molar-refractivity contribution is 7.90. The molecule has 0 fully saturated rings. The van der Waals surface area contributed by atoms with E-state index in [9.17, 15) is 26.4 Å². The predicted octanol–water partition coefficient (Wildman–Crippen LogP) is 2.92. The van der Waals surface area contributed by atoms with Crippen LogP contribution in [-0.4, -0.2) is 38.3 Å². The lowest BCUT2D eigenvalue weighted by molar-refractivity contribution is -0.154. The Kier molecular flexibility index (Phi) is 6.09. The van der Waals surface area contributed by atoms with Gasteiger partial charge in [0.05, 0.1) is 16.5 Å². The lowest BCUT2D eigenvalue weighted by Gasteiger charge is -2.15. The van der Waals surface area contributed by atoms with E-state index in [1.807, 2.05) is 0 Å². The van der Waals surface area contributed by atoms with Crippen LogP contribution in [0, 0.1) is 0 Å². The zero-order valence-electron chi connectivity index (χ0n) is 14.4. The molecule has 0 aliphatic carbocycles. The van der Waals surface area contributed by atoms with Gasteiger partial charge in [0.2, 0.25) is 5.88 Å². The number of carbonyl (C=O) groups is 1. The Morgan fingerprint density at radius 3 is 2.30 bits per heavy atom. The predicted molar refractivity (Wildman–Crippen MR) is 91.2 cm³/mol. The van der Waals surface area contributed by atoms with Crippen molar-refractivity contribution >= 4 is 15.7 Å². The van der Waals surface area contributed by atoms with E-state index in [0.717, 1.165) is 12.5 Å². The van der Waals surface area contributed by atoms with Crippen molar-refractivity contribution in [3.05, 3.63) is 53.7 Å². The summed E-state index contributed by atoms with van der Waals surface area (Å²) in [5.41, 5.74) is 0.836. The quantitative estimate of drug-likeness (QED) is 0.803. The molecular weight excluding hydrogens is 385 g/mol. The highest BCUT2D eigenvalue weighted by Gasteiger charge is 2.28. The summed E-state index contributed by atoms with van der Waals surface area (Å²) >= 11 is 0. The molecule has 2 aromatic rings. The number of nitrogens with zero attached hydrogens (tertiary/aromatic N) is 1. The number of ether oxygens (including phenoxy) is 1. The van der Waals surface area contributed by atoms with Crippen molar-refractivity contribution in [3.8, 4) is 5.88 Å². The van der Waals surface area contributed by atoms with Crippen molar-refractivity contribution in [2.24, 2.45) is 0 Å².